The summed E-state index contributed by atoms with van der Waals surface area (Å²) in [6.07, 6.45) is 0. The maximum atomic E-state index is 2.44. The molecule has 0 amide bonds. The molecule has 0 aliphatic heterocycles. The molecule has 0 saturated heterocycles. The minimum Gasteiger partial charge on any atom is -0.310 e. The standard InChI is InChI=1S/C54H37N3/c1-3-16-38(17-4-1)39-30-32-41(33-31-39)55(50-26-11-7-22-45(50)40-18-5-2-6-19-40)44-34-35-49-48-25-10-14-29-53(48)57(54(49)37-44)43-21-15-20-42(36-43)56-51-27-12-8-23-46(51)47-24-9-13-28-52(47)56/h1-37H. The molecular weight excluding hydrogens is 691 g/mol. The van der Waals surface area contributed by atoms with E-state index in [0.29, 0.717) is 0 Å². The Morgan fingerprint density at radius 3 is 1.35 bits per heavy atom. The first-order chi connectivity index (χ1) is 28.3. The van der Waals surface area contributed by atoms with Crippen molar-refractivity contribution in [1.82, 2.24) is 9.13 Å². The summed E-state index contributed by atoms with van der Waals surface area (Å²) in [7, 11) is 0. The fraction of sp³-hybridized carbons (Fsp3) is 0. The number of hydrogen-bond acceptors (Lipinski definition) is 1. The number of fused-ring (bicyclic) bond motifs is 6. The van der Waals surface area contributed by atoms with Gasteiger partial charge in [-0.1, -0.05) is 158 Å². The Hall–Kier alpha value is -7.62. The van der Waals surface area contributed by atoms with Crippen molar-refractivity contribution in [3.63, 3.8) is 0 Å². The molecule has 0 saturated carbocycles. The summed E-state index contributed by atoms with van der Waals surface area (Å²) in [5.41, 5.74) is 15.0. The quantitative estimate of drug-likeness (QED) is 0.159. The van der Waals surface area contributed by atoms with Crippen LogP contribution in [0.5, 0.6) is 0 Å². The van der Waals surface area contributed by atoms with Crippen LogP contribution in [0.2, 0.25) is 0 Å². The van der Waals surface area contributed by atoms with Crippen LogP contribution >= 0.6 is 0 Å². The second-order valence-corrected chi connectivity index (χ2v) is 14.6. The van der Waals surface area contributed by atoms with Crippen molar-refractivity contribution in [2.45, 2.75) is 0 Å². The summed E-state index contributed by atoms with van der Waals surface area (Å²) >= 11 is 0. The zero-order valence-electron chi connectivity index (χ0n) is 31.2. The summed E-state index contributed by atoms with van der Waals surface area (Å²) in [6, 6.07) is 81.1. The maximum absolute atomic E-state index is 2.44. The van der Waals surface area contributed by atoms with E-state index in [1.807, 2.05) is 0 Å². The third kappa shape index (κ3) is 5.51. The third-order valence-electron chi connectivity index (χ3n) is 11.3. The zero-order valence-corrected chi connectivity index (χ0v) is 31.2. The van der Waals surface area contributed by atoms with E-state index in [1.165, 1.54) is 60.3 Å². The van der Waals surface area contributed by atoms with Crippen LogP contribution in [-0.4, -0.2) is 9.13 Å². The lowest BCUT2D eigenvalue weighted by Crippen LogP contribution is -2.11. The van der Waals surface area contributed by atoms with Crippen LogP contribution in [0.3, 0.4) is 0 Å². The molecule has 11 aromatic rings. The van der Waals surface area contributed by atoms with Crippen LogP contribution in [0.4, 0.5) is 17.1 Å². The predicted molar refractivity (Wildman–Crippen MR) is 241 cm³/mol. The Balaban J connectivity index is 1.13. The van der Waals surface area contributed by atoms with Crippen LogP contribution in [0, 0.1) is 0 Å². The molecule has 268 valence electrons. The molecule has 0 radical (unpaired) electrons. The molecule has 9 aromatic carbocycles. The number of benzene rings is 9. The molecule has 0 fully saturated rings. The van der Waals surface area contributed by atoms with Gasteiger partial charge in [-0.15, -0.1) is 0 Å². The highest BCUT2D eigenvalue weighted by Gasteiger charge is 2.21. The average Bonchev–Trinajstić information content (AvgIpc) is 3.80. The van der Waals surface area contributed by atoms with Crippen molar-refractivity contribution >= 4 is 60.7 Å². The van der Waals surface area contributed by atoms with Gasteiger partial charge in [0.25, 0.3) is 0 Å². The molecule has 3 nitrogen and oxygen atoms in total. The van der Waals surface area contributed by atoms with Gasteiger partial charge in [-0.05, 0) is 83.4 Å². The normalized spacial score (nSPS) is 11.5. The second-order valence-electron chi connectivity index (χ2n) is 14.6. The first kappa shape index (κ1) is 32.8. The molecule has 0 bridgehead atoms. The van der Waals surface area contributed by atoms with Crippen molar-refractivity contribution in [2.24, 2.45) is 0 Å². The SMILES string of the molecule is c1ccc(-c2ccc(N(c3ccc4c5ccccc5n(-c5cccc(-n6c7ccccc7c7ccccc76)c5)c4c3)c3ccccc3-c3ccccc3)cc2)cc1. The van der Waals surface area contributed by atoms with Crippen molar-refractivity contribution in [3.8, 4) is 33.6 Å². The lowest BCUT2D eigenvalue weighted by Gasteiger charge is -2.28. The monoisotopic (exact) mass is 727 g/mol. The highest BCUT2D eigenvalue weighted by Crippen LogP contribution is 2.44. The summed E-state index contributed by atoms with van der Waals surface area (Å²) in [6.45, 7) is 0. The van der Waals surface area contributed by atoms with Gasteiger partial charge < -0.3 is 14.0 Å². The molecule has 3 heteroatoms. The minimum absolute atomic E-state index is 1.08. The Labute approximate surface area is 331 Å². The summed E-state index contributed by atoms with van der Waals surface area (Å²) in [4.78, 5) is 2.41. The van der Waals surface area contributed by atoms with E-state index in [4.69, 9.17) is 0 Å². The van der Waals surface area contributed by atoms with Gasteiger partial charge in [0.2, 0.25) is 0 Å². The van der Waals surface area contributed by atoms with E-state index in [2.05, 4.69) is 238 Å². The van der Waals surface area contributed by atoms with Crippen LogP contribution in [0.1, 0.15) is 0 Å². The number of nitrogens with zero attached hydrogens (tertiary/aromatic N) is 3. The molecule has 11 rings (SSSR count). The average molecular weight is 728 g/mol. The lowest BCUT2D eigenvalue weighted by atomic mass is 10.0. The molecule has 0 unspecified atom stereocenters. The molecule has 0 spiro atoms. The molecule has 0 N–H and O–H groups in total. The van der Waals surface area contributed by atoms with Crippen LogP contribution in [0.15, 0.2) is 224 Å². The molecule has 2 aromatic heterocycles. The van der Waals surface area contributed by atoms with E-state index >= 15 is 0 Å². The number of hydrogen-bond donors (Lipinski definition) is 0. The molecule has 0 aliphatic carbocycles. The van der Waals surface area contributed by atoms with Gasteiger partial charge in [-0.3, -0.25) is 0 Å². The molecule has 2 heterocycles. The number of para-hydroxylation sites is 4. The highest BCUT2D eigenvalue weighted by molar-refractivity contribution is 6.11. The van der Waals surface area contributed by atoms with E-state index in [1.54, 1.807) is 0 Å². The van der Waals surface area contributed by atoms with Gasteiger partial charge in [0.15, 0.2) is 0 Å². The number of anilines is 3. The van der Waals surface area contributed by atoms with Gasteiger partial charge >= 0.3 is 0 Å². The Kier molecular flexibility index (Phi) is 7.82. The minimum atomic E-state index is 1.08. The second kappa shape index (κ2) is 13.6. The summed E-state index contributed by atoms with van der Waals surface area (Å²) < 4.78 is 4.83. The predicted octanol–water partition coefficient (Wildman–Crippen LogP) is 14.7. The van der Waals surface area contributed by atoms with Gasteiger partial charge in [-0.2, -0.15) is 0 Å². The summed E-state index contributed by atoms with van der Waals surface area (Å²) in [5, 5.41) is 4.96. The van der Waals surface area contributed by atoms with Crippen LogP contribution < -0.4 is 4.90 Å². The zero-order chi connectivity index (χ0) is 37.7. The number of aromatic nitrogens is 2. The van der Waals surface area contributed by atoms with Gasteiger partial charge in [-0.25, -0.2) is 0 Å². The maximum Gasteiger partial charge on any atom is 0.0561 e. The van der Waals surface area contributed by atoms with E-state index in [9.17, 15) is 0 Å². The smallest absolute Gasteiger partial charge is 0.0561 e. The number of rotatable bonds is 7. The van der Waals surface area contributed by atoms with E-state index in [0.717, 1.165) is 34.0 Å². The van der Waals surface area contributed by atoms with Crippen molar-refractivity contribution in [1.29, 1.82) is 0 Å². The fourth-order valence-electron chi connectivity index (χ4n) is 8.74. The molecule has 0 atom stereocenters. The first-order valence-corrected chi connectivity index (χ1v) is 19.5. The van der Waals surface area contributed by atoms with Crippen molar-refractivity contribution in [3.05, 3.63) is 224 Å². The Morgan fingerprint density at radius 1 is 0.281 bits per heavy atom. The summed E-state index contributed by atoms with van der Waals surface area (Å²) in [5.74, 6) is 0. The van der Waals surface area contributed by atoms with Gasteiger partial charge in [0.1, 0.15) is 0 Å². The first-order valence-electron chi connectivity index (χ1n) is 19.5. The fourth-order valence-corrected chi connectivity index (χ4v) is 8.74. The molecule has 0 aliphatic rings. The van der Waals surface area contributed by atoms with E-state index < -0.39 is 0 Å². The van der Waals surface area contributed by atoms with Gasteiger partial charge in [0.05, 0.1) is 27.8 Å². The van der Waals surface area contributed by atoms with Gasteiger partial charge in [0, 0.05) is 49.9 Å². The molecular formula is C54H37N3. The Bertz CT molecular complexity index is 3170. The van der Waals surface area contributed by atoms with Crippen molar-refractivity contribution in [2.75, 3.05) is 4.90 Å². The van der Waals surface area contributed by atoms with Crippen molar-refractivity contribution < 1.29 is 0 Å². The van der Waals surface area contributed by atoms with Crippen LogP contribution in [0.25, 0.3) is 77.2 Å². The lowest BCUT2D eigenvalue weighted by molar-refractivity contribution is 1.13. The Morgan fingerprint density at radius 2 is 0.737 bits per heavy atom. The highest BCUT2D eigenvalue weighted by atomic mass is 15.1. The third-order valence-corrected chi connectivity index (χ3v) is 11.3. The molecule has 57 heavy (non-hydrogen) atoms. The van der Waals surface area contributed by atoms with Crippen LogP contribution in [-0.2, 0) is 0 Å². The largest absolute Gasteiger partial charge is 0.310 e. The topological polar surface area (TPSA) is 13.1 Å². The van der Waals surface area contributed by atoms with E-state index in [-0.39, 0.29) is 0 Å².